The molecule has 0 N–H and O–H groups in total. The zero-order valence-electron chi connectivity index (χ0n) is 9.54. The minimum atomic E-state index is -0.500. The van der Waals surface area contributed by atoms with Crippen LogP contribution in [0, 0.1) is 15.9 Å². The molecule has 0 saturated heterocycles. The van der Waals surface area contributed by atoms with Gasteiger partial charge in [-0.3, -0.25) is 0 Å². The largest absolute Gasteiger partial charge is 0.358 e. The molecule has 0 atom stereocenters. The molecule has 1 aromatic heterocycles. The maximum absolute atomic E-state index is 13.4. The first-order valence-corrected chi connectivity index (χ1v) is 6.10. The molecule has 0 bridgehead atoms. The predicted molar refractivity (Wildman–Crippen MR) is 65.8 cm³/mol. The van der Waals surface area contributed by atoms with Crippen molar-refractivity contribution in [1.29, 1.82) is 0 Å². The van der Waals surface area contributed by atoms with E-state index in [9.17, 15) is 14.5 Å². The highest BCUT2D eigenvalue weighted by atomic mass is 32.2. The molecule has 5 nitrogen and oxygen atoms in total. The van der Waals surface area contributed by atoms with Crippen molar-refractivity contribution >= 4 is 17.6 Å². The van der Waals surface area contributed by atoms with Crippen LogP contribution in [0.1, 0.15) is 5.56 Å². The van der Waals surface area contributed by atoms with Gasteiger partial charge < -0.3 is 10.1 Å². The van der Waals surface area contributed by atoms with Gasteiger partial charge in [-0.2, -0.15) is 0 Å². The molecule has 0 unspecified atom stereocenters. The first kappa shape index (κ1) is 12.6. The first-order chi connectivity index (χ1) is 8.59. The van der Waals surface area contributed by atoms with E-state index in [1.54, 1.807) is 25.2 Å². The predicted octanol–water partition coefficient (Wildman–Crippen LogP) is 2.76. The Hall–Kier alpha value is -1.89. The average Bonchev–Trinajstić information content (AvgIpc) is 2.70. The second-order valence-corrected chi connectivity index (χ2v) is 4.54. The highest BCUT2D eigenvalue weighted by Crippen LogP contribution is 2.25. The van der Waals surface area contributed by atoms with E-state index in [1.165, 1.54) is 28.6 Å². The molecule has 94 valence electrons. The van der Waals surface area contributed by atoms with Crippen molar-refractivity contribution in [2.75, 3.05) is 0 Å². The summed E-state index contributed by atoms with van der Waals surface area (Å²) in [5.74, 6) is 0.0223. The van der Waals surface area contributed by atoms with Gasteiger partial charge in [-0.25, -0.2) is 13.9 Å². The molecule has 0 aliphatic carbocycles. The van der Waals surface area contributed by atoms with Crippen molar-refractivity contribution in [2.24, 2.45) is 7.05 Å². The first-order valence-electron chi connectivity index (χ1n) is 5.12. The number of aromatic nitrogens is 2. The Bertz CT molecular complexity index is 585. The van der Waals surface area contributed by atoms with Gasteiger partial charge in [0, 0.05) is 5.75 Å². The van der Waals surface area contributed by atoms with Gasteiger partial charge in [0.2, 0.25) is 0 Å². The van der Waals surface area contributed by atoms with Crippen LogP contribution >= 0.6 is 11.8 Å². The molecular weight excluding hydrogens is 257 g/mol. The number of thioether (sulfide) groups is 1. The van der Waals surface area contributed by atoms with E-state index in [1.807, 2.05) is 0 Å². The van der Waals surface area contributed by atoms with Crippen LogP contribution in [0.4, 0.5) is 10.2 Å². The van der Waals surface area contributed by atoms with Crippen LogP contribution in [0.3, 0.4) is 0 Å². The molecule has 7 heteroatoms. The Labute approximate surface area is 107 Å². The average molecular weight is 267 g/mol. The molecule has 2 rings (SSSR count). The summed E-state index contributed by atoms with van der Waals surface area (Å²) >= 11 is 1.26. The zero-order valence-corrected chi connectivity index (χ0v) is 10.4. The molecule has 18 heavy (non-hydrogen) atoms. The quantitative estimate of drug-likeness (QED) is 0.485. The van der Waals surface area contributed by atoms with Gasteiger partial charge in [-0.15, -0.1) is 0 Å². The van der Waals surface area contributed by atoms with Crippen LogP contribution in [0.5, 0.6) is 0 Å². The Morgan fingerprint density at radius 1 is 1.50 bits per heavy atom. The molecule has 1 aromatic carbocycles. The van der Waals surface area contributed by atoms with E-state index >= 15 is 0 Å². The molecule has 2 aromatic rings. The number of imidazole rings is 1. The molecule has 1 heterocycles. The van der Waals surface area contributed by atoms with Crippen molar-refractivity contribution in [3.63, 3.8) is 0 Å². The second-order valence-electron chi connectivity index (χ2n) is 3.60. The standard InChI is InChI=1S/C11H10FN3O2S/c1-14-10(15(16)17)6-13-11(14)18-7-8-4-2-3-5-9(8)12/h2-6H,7H2,1H3. The van der Waals surface area contributed by atoms with Gasteiger partial charge in [-0.05, 0) is 16.6 Å². The van der Waals surface area contributed by atoms with Crippen LogP contribution in [0.15, 0.2) is 35.6 Å². The summed E-state index contributed by atoms with van der Waals surface area (Å²) in [6.45, 7) is 0. The lowest BCUT2D eigenvalue weighted by atomic mass is 10.2. The molecule has 0 saturated carbocycles. The van der Waals surface area contributed by atoms with E-state index in [0.717, 1.165) is 0 Å². The third-order valence-corrected chi connectivity index (χ3v) is 3.52. The summed E-state index contributed by atoms with van der Waals surface area (Å²) in [6, 6.07) is 6.44. The Kier molecular flexibility index (Phi) is 3.61. The molecule has 0 spiro atoms. The van der Waals surface area contributed by atoms with Crippen LogP contribution in [-0.4, -0.2) is 14.5 Å². The van der Waals surface area contributed by atoms with Gasteiger partial charge >= 0.3 is 5.82 Å². The second kappa shape index (κ2) is 5.18. The van der Waals surface area contributed by atoms with Crippen molar-refractivity contribution in [3.8, 4) is 0 Å². The molecular formula is C11H10FN3O2S. The Balaban J connectivity index is 2.12. The number of hydrogen-bond acceptors (Lipinski definition) is 4. The van der Waals surface area contributed by atoms with Crippen molar-refractivity contribution < 1.29 is 9.31 Å². The van der Waals surface area contributed by atoms with Crippen molar-refractivity contribution in [2.45, 2.75) is 10.9 Å². The smallest absolute Gasteiger partial charge is 0.343 e. The summed E-state index contributed by atoms with van der Waals surface area (Å²) in [6.07, 6.45) is 1.20. The normalized spacial score (nSPS) is 10.6. The Morgan fingerprint density at radius 3 is 2.83 bits per heavy atom. The van der Waals surface area contributed by atoms with Gasteiger partial charge in [0.1, 0.15) is 12.0 Å². The molecule has 0 aliphatic rings. The summed E-state index contributed by atoms with van der Waals surface area (Å²) in [5, 5.41) is 11.1. The maximum atomic E-state index is 13.4. The summed E-state index contributed by atoms with van der Waals surface area (Å²) in [4.78, 5) is 14.1. The summed E-state index contributed by atoms with van der Waals surface area (Å²) in [7, 11) is 1.56. The van der Waals surface area contributed by atoms with Gasteiger partial charge in [-0.1, -0.05) is 30.0 Å². The zero-order chi connectivity index (χ0) is 13.1. The SMILES string of the molecule is Cn1c([N+](=O)[O-])cnc1SCc1ccccc1F. The van der Waals surface area contributed by atoms with Crippen molar-refractivity contribution in [1.82, 2.24) is 9.55 Å². The minimum Gasteiger partial charge on any atom is -0.358 e. The Morgan fingerprint density at radius 2 is 2.22 bits per heavy atom. The van der Waals surface area contributed by atoms with Crippen LogP contribution in [0.25, 0.3) is 0 Å². The summed E-state index contributed by atoms with van der Waals surface area (Å²) < 4.78 is 14.8. The lowest BCUT2D eigenvalue weighted by Gasteiger charge is -2.01. The molecule has 0 fully saturated rings. The lowest BCUT2D eigenvalue weighted by Crippen LogP contribution is -1.98. The van der Waals surface area contributed by atoms with Crippen LogP contribution in [-0.2, 0) is 12.8 Å². The fraction of sp³-hybridized carbons (Fsp3) is 0.182. The van der Waals surface area contributed by atoms with Crippen LogP contribution < -0.4 is 0 Å². The highest BCUT2D eigenvalue weighted by Gasteiger charge is 2.17. The van der Waals surface area contributed by atoms with Gasteiger partial charge in [0.05, 0.1) is 7.05 Å². The van der Waals surface area contributed by atoms with Gasteiger partial charge in [0.25, 0.3) is 5.16 Å². The third-order valence-electron chi connectivity index (χ3n) is 2.42. The maximum Gasteiger partial charge on any atom is 0.343 e. The van der Waals surface area contributed by atoms with E-state index in [4.69, 9.17) is 0 Å². The van der Waals surface area contributed by atoms with E-state index in [2.05, 4.69) is 4.98 Å². The highest BCUT2D eigenvalue weighted by molar-refractivity contribution is 7.98. The molecule has 0 radical (unpaired) electrons. The minimum absolute atomic E-state index is 0.0777. The number of rotatable bonds is 4. The molecule has 0 aliphatic heterocycles. The number of hydrogen-bond donors (Lipinski definition) is 0. The lowest BCUT2D eigenvalue weighted by molar-refractivity contribution is -0.392. The van der Waals surface area contributed by atoms with Crippen LogP contribution in [0.2, 0.25) is 0 Å². The fourth-order valence-corrected chi connectivity index (χ4v) is 2.38. The molecule has 0 amide bonds. The van der Waals surface area contributed by atoms with Gasteiger partial charge in [0.15, 0.2) is 0 Å². The number of benzene rings is 1. The third kappa shape index (κ3) is 2.51. The van der Waals surface area contributed by atoms with E-state index in [-0.39, 0.29) is 11.6 Å². The number of halogens is 1. The summed E-state index contributed by atoms with van der Waals surface area (Å²) in [5.41, 5.74) is 0.549. The number of nitro groups is 1. The van der Waals surface area contributed by atoms with E-state index < -0.39 is 4.92 Å². The topological polar surface area (TPSA) is 61.0 Å². The van der Waals surface area contributed by atoms with E-state index in [0.29, 0.717) is 16.5 Å². The monoisotopic (exact) mass is 267 g/mol. The fourth-order valence-electron chi connectivity index (χ4n) is 1.45. The number of nitrogens with zero attached hydrogens (tertiary/aromatic N) is 3. The van der Waals surface area contributed by atoms with Crippen molar-refractivity contribution in [3.05, 3.63) is 52.0 Å².